The Morgan fingerprint density at radius 2 is 1.75 bits per heavy atom. The number of carbonyl (C=O) groups is 1. The van der Waals surface area contributed by atoms with E-state index in [0.29, 0.717) is 0 Å². The van der Waals surface area contributed by atoms with E-state index in [9.17, 15) is 4.79 Å². The van der Waals surface area contributed by atoms with Gasteiger partial charge in [-0.1, -0.05) is 18.2 Å². The summed E-state index contributed by atoms with van der Waals surface area (Å²) in [4.78, 5) is 11.4. The third kappa shape index (κ3) is 1.95. The maximum absolute atomic E-state index is 11.4. The maximum atomic E-state index is 11.4. The van der Waals surface area contributed by atoms with Crippen LogP contribution in [-0.2, 0) is 5.54 Å². The van der Waals surface area contributed by atoms with Crippen LogP contribution in [0.4, 0.5) is 0 Å². The van der Waals surface area contributed by atoms with Crippen molar-refractivity contribution in [2.75, 3.05) is 0 Å². The number of rotatable bonds is 0. The van der Waals surface area contributed by atoms with Crippen LogP contribution in [0.2, 0.25) is 0 Å². The van der Waals surface area contributed by atoms with E-state index < -0.39 is 7.32 Å². The first kappa shape index (κ1) is 11.1. The lowest BCUT2D eigenvalue weighted by molar-refractivity contribution is 0.0952. The van der Waals surface area contributed by atoms with Gasteiger partial charge in [-0.15, -0.1) is 0 Å². The van der Waals surface area contributed by atoms with Gasteiger partial charge in [-0.05, 0) is 24.5 Å². The molecule has 16 heavy (non-hydrogen) atoms. The summed E-state index contributed by atoms with van der Waals surface area (Å²) in [6, 6.07) is 7.87. The Morgan fingerprint density at radius 3 is 2.31 bits per heavy atom. The van der Waals surface area contributed by atoms with Crippen LogP contribution in [0.3, 0.4) is 0 Å². The third-order valence-electron chi connectivity index (χ3n) is 2.79. The first-order valence-electron chi connectivity index (χ1n) is 5.01. The molecule has 2 aliphatic rings. The van der Waals surface area contributed by atoms with Crippen molar-refractivity contribution in [2.45, 2.75) is 18.4 Å². The zero-order chi connectivity index (χ0) is 11.8. The van der Waals surface area contributed by atoms with Gasteiger partial charge in [-0.2, -0.15) is 0 Å². The predicted octanol–water partition coefficient (Wildman–Crippen LogP) is -0.633. The second-order valence-corrected chi connectivity index (χ2v) is 3.93. The monoisotopic (exact) mass is 221 g/mol. The molecule has 0 saturated heterocycles. The zero-order valence-electron chi connectivity index (χ0n) is 8.55. The van der Waals surface area contributed by atoms with E-state index in [-0.39, 0.29) is 11.4 Å². The topological polar surface area (TPSA) is 89.8 Å². The van der Waals surface area contributed by atoms with Crippen molar-refractivity contribution < 1.29 is 19.9 Å². The fourth-order valence-corrected chi connectivity index (χ4v) is 1.97. The van der Waals surface area contributed by atoms with Gasteiger partial charge in [0.05, 0.1) is 5.54 Å². The molecule has 1 amide bonds. The number of hydrogen-bond acceptors (Lipinski definition) is 4. The van der Waals surface area contributed by atoms with Gasteiger partial charge in [0.15, 0.2) is 0 Å². The Balaban J connectivity index is 0.000000212. The van der Waals surface area contributed by atoms with Gasteiger partial charge in [0.1, 0.15) is 0 Å². The first-order chi connectivity index (χ1) is 7.55. The highest BCUT2D eigenvalue weighted by Gasteiger charge is 2.51. The van der Waals surface area contributed by atoms with Crippen LogP contribution in [0.15, 0.2) is 24.3 Å². The van der Waals surface area contributed by atoms with Crippen LogP contribution in [0.1, 0.15) is 28.8 Å². The Hall–Kier alpha value is -1.37. The lowest BCUT2D eigenvalue weighted by atomic mass is 10.0. The molecule has 0 aromatic heterocycles. The molecule has 4 N–H and O–H groups in total. The Kier molecular flexibility index (Phi) is 2.71. The minimum absolute atomic E-state index is 0.0493. The smallest absolute Gasteiger partial charge is 0.402 e. The van der Waals surface area contributed by atoms with Crippen LogP contribution in [0.25, 0.3) is 0 Å². The normalized spacial score (nSPS) is 18.3. The Labute approximate surface area is 92.9 Å². The summed E-state index contributed by atoms with van der Waals surface area (Å²) in [5.41, 5.74) is 2.12. The number of hydrogen-bond donors (Lipinski definition) is 4. The summed E-state index contributed by atoms with van der Waals surface area (Å²) in [6.07, 6.45) is 2.21. The summed E-state index contributed by atoms with van der Waals surface area (Å²) < 4.78 is 0. The minimum Gasteiger partial charge on any atom is -0.402 e. The third-order valence-corrected chi connectivity index (χ3v) is 2.79. The molecule has 3 rings (SSSR count). The second-order valence-electron chi connectivity index (χ2n) is 3.93. The molecular formula is C10H12BNO4. The molecule has 1 aromatic carbocycles. The Bertz CT molecular complexity index is 414. The van der Waals surface area contributed by atoms with Crippen LogP contribution in [0, 0.1) is 0 Å². The van der Waals surface area contributed by atoms with Gasteiger partial charge >= 0.3 is 7.32 Å². The zero-order valence-corrected chi connectivity index (χ0v) is 8.55. The summed E-state index contributed by atoms with van der Waals surface area (Å²) in [5.74, 6) is 0.100. The van der Waals surface area contributed by atoms with Crippen molar-refractivity contribution in [2.24, 2.45) is 0 Å². The van der Waals surface area contributed by atoms with Crippen molar-refractivity contribution in [3.8, 4) is 0 Å². The molecule has 1 fully saturated rings. The van der Waals surface area contributed by atoms with E-state index in [2.05, 4.69) is 11.4 Å². The van der Waals surface area contributed by atoms with E-state index in [1.807, 2.05) is 18.2 Å². The molecule has 5 nitrogen and oxygen atoms in total. The molecule has 0 atom stereocenters. The van der Waals surface area contributed by atoms with Gasteiger partial charge in [-0.25, -0.2) is 0 Å². The number of amides is 1. The predicted molar refractivity (Wildman–Crippen MR) is 57.2 cm³/mol. The van der Waals surface area contributed by atoms with Gasteiger partial charge in [0, 0.05) is 5.56 Å². The molecule has 6 heteroatoms. The fourth-order valence-electron chi connectivity index (χ4n) is 1.97. The van der Waals surface area contributed by atoms with E-state index in [1.54, 1.807) is 0 Å². The SMILES string of the molecule is O=C1NC2(CC2)c2ccccc21.OB(O)O. The molecule has 1 aliphatic heterocycles. The van der Waals surface area contributed by atoms with Crippen molar-refractivity contribution >= 4 is 13.2 Å². The molecule has 0 radical (unpaired) electrons. The average molecular weight is 221 g/mol. The standard InChI is InChI=1S/C10H9NO.BH3O3/c12-9-7-3-1-2-4-8(7)10(11-9)5-6-10;2-1(3)4/h1-4H,5-6H2,(H,11,12);2-4H. The lowest BCUT2D eigenvalue weighted by Crippen LogP contribution is -2.25. The second kappa shape index (κ2) is 3.90. The highest BCUT2D eigenvalue weighted by Crippen LogP contribution is 2.49. The largest absolute Gasteiger partial charge is 0.631 e. The molecular weight excluding hydrogens is 209 g/mol. The minimum atomic E-state index is -2.17. The number of fused-ring (bicyclic) bond motifs is 2. The first-order valence-corrected chi connectivity index (χ1v) is 5.01. The molecule has 0 bridgehead atoms. The molecule has 1 aromatic rings. The van der Waals surface area contributed by atoms with Gasteiger partial charge in [0.2, 0.25) is 0 Å². The highest BCUT2D eigenvalue weighted by molar-refractivity contribution is 6.30. The van der Waals surface area contributed by atoms with Gasteiger partial charge < -0.3 is 20.4 Å². The van der Waals surface area contributed by atoms with E-state index in [1.165, 1.54) is 5.56 Å². The fraction of sp³-hybridized carbons (Fsp3) is 0.300. The summed E-state index contributed by atoms with van der Waals surface area (Å²) in [6.45, 7) is 0. The maximum Gasteiger partial charge on any atom is 0.631 e. The van der Waals surface area contributed by atoms with E-state index >= 15 is 0 Å². The van der Waals surface area contributed by atoms with Crippen molar-refractivity contribution in [3.63, 3.8) is 0 Å². The highest BCUT2D eigenvalue weighted by atomic mass is 16.5. The van der Waals surface area contributed by atoms with Crippen molar-refractivity contribution in [3.05, 3.63) is 35.4 Å². The molecule has 0 unspecified atom stereocenters. The summed E-state index contributed by atoms with van der Waals surface area (Å²) in [5, 5.41) is 24.5. The quantitative estimate of drug-likeness (QED) is 0.439. The van der Waals surface area contributed by atoms with E-state index in [4.69, 9.17) is 15.1 Å². The number of nitrogens with one attached hydrogen (secondary N) is 1. The van der Waals surface area contributed by atoms with Crippen LogP contribution >= 0.6 is 0 Å². The lowest BCUT2D eigenvalue weighted by Gasteiger charge is -2.06. The molecule has 1 aliphatic carbocycles. The van der Waals surface area contributed by atoms with Crippen LogP contribution in [0.5, 0.6) is 0 Å². The number of carbonyl (C=O) groups excluding carboxylic acids is 1. The van der Waals surface area contributed by atoms with E-state index in [0.717, 1.165) is 18.4 Å². The van der Waals surface area contributed by atoms with Gasteiger partial charge in [-0.3, -0.25) is 4.79 Å². The summed E-state index contributed by atoms with van der Waals surface area (Å²) in [7, 11) is -2.17. The van der Waals surface area contributed by atoms with Gasteiger partial charge in [0.25, 0.3) is 5.91 Å². The van der Waals surface area contributed by atoms with Crippen molar-refractivity contribution in [1.29, 1.82) is 0 Å². The number of benzene rings is 1. The van der Waals surface area contributed by atoms with Crippen LogP contribution < -0.4 is 5.32 Å². The molecule has 84 valence electrons. The summed E-state index contributed by atoms with van der Waals surface area (Å²) >= 11 is 0. The Morgan fingerprint density at radius 1 is 1.19 bits per heavy atom. The average Bonchev–Trinajstić information content (AvgIpc) is 2.92. The molecule has 1 spiro atoms. The molecule has 1 heterocycles. The van der Waals surface area contributed by atoms with Crippen LogP contribution in [-0.4, -0.2) is 28.3 Å². The molecule has 1 saturated carbocycles. The van der Waals surface area contributed by atoms with Crippen molar-refractivity contribution in [1.82, 2.24) is 5.32 Å².